The average molecular weight is 579 g/mol. The van der Waals surface area contributed by atoms with Gasteiger partial charge in [0.05, 0.1) is 14.2 Å². The zero-order valence-electron chi connectivity index (χ0n) is 24.5. The van der Waals surface area contributed by atoms with Gasteiger partial charge in [-0.05, 0) is 97.9 Å². The SMILES string of the molecule is COc1ccc2cc1-c1cc(ccc1O)C[C@@H]1NCCc3cc4c(cc31)Oc1c(c(OC)c(O)c3c1[C@H](C2)N(C)CC3)O4. The number of fused-ring (bicyclic) bond motifs is 5. The number of ether oxygens (including phenoxy) is 4. The first-order chi connectivity index (χ1) is 20.9. The third kappa shape index (κ3) is 4.04. The van der Waals surface area contributed by atoms with Crippen LogP contribution in [-0.2, 0) is 25.7 Å². The van der Waals surface area contributed by atoms with Gasteiger partial charge in [0.15, 0.2) is 23.0 Å². The van der Waals surface area contributed by atoms with Crippen molar-refractivity contribution in [2.24, 2.45) is 0 Å². The summed E-state index contributed by atoms with van der Waals surface area (Å²) in [5.41, 5.74) is 7.87. The van der Waals surface area contributed by atoms with Gasteiger partial charge in [-0.3, -0.25) is 4.90 Å². The minimum Gasteiger partial charge on any atom is -0.507 e. The summed E-state index contributed by atoms with van der Waals surface area (Å²) in [6.45, 7) is 1.59. The summed E-state index contributed by atoms with van der Waals surface area (Å²) in [7, 11) is 5.31. The molecule has 8 heteroatoms. The van der Waals surface area contributed by atoms with Crippen LogP contribution >= 0.6 is 0 Å². The predicted molar refractivity (Wildman–Crippen MR) is 162 cm³/mol. The van der Waals surface area contributed by atoms with Crippen LogP contribution in [0.4, 0.5) is 0 Å². The summed E-state index contributed by atoms with van der Waals surface area (Å²) in [6, 6.07) is 16.1. The molecule has 2 atom stereocenters. The van der Waals surface area contributed by atoms with E-state index in [9.17, 15) is 10.2 Å². The lowest BCUT2D eigenvalue weighted by atomic mass is 9.85. The van der Waals surface area contributed by atoms with Gasteiger partial charge in [0, 0.05) is 40.9 Å². The van der Waals surface area contributed by atoms with Crippen molar-refractivity contribution >= 4 is 0 Å². The maximum absolute atomic E-state index is 11.5. The fourth-order valence-electron chi connectivity index (χ4n) is 7.33. The van der Waals surface area contributed by atoms with E-state index in [1.807, 2.05) is 12.1 Å². The summed E-state index contributed by atoms with van der Waals surface area (Å²) in [5, 5.41) is 26.3. The van der Waals surface area contributed by atoms with Crippen LogP contribution in [0.25, 0.3) is 11.1 Å². The molecule has 8 nitrogen and oxygen atoms in total. The van der Waals surface area contributed by atoms with Crippen molar-refractivity contribution in [2.45, 2.75) is 37.8 Å². The summed E-state index contributed by atoms with van der Waals surface area (Å²) in [4.78, 5) is 2.30. The van der Waals surface area contributed by atoms with Crippen molar-refractivity contribution < 1.29 is 29.2 Å². The Morgan fingerprint density at radius 1 is 0.860 bits per heavy atom. The van der Waals surface area contributed by atoms with Crippen LogP contribution in [0.3, 0.4) is 0 Å². The standard InChI is InChI=1S/C35H34N2O6/c1-37-11-9-21-31-26(37)15-19-5-7-28(40-2)24(13-19)23-12-18(4-6-27(23)38)14-25-22-17-30-29(16-20(22)8-10-36-25)43-35(33(31)42-30)34(41-3)32(21)39/h4-7,12-13,16-17,25-26,36,38-39H,8-11,14-15H2,1-3H3/t25-,26-/m0/s1. The molecule has 3 N–H and O–H groups in total. The minimum atomic E-state index is -0.111. The van der Waals surface area contributed by atoms with E-state index in [-0.39, 0.29) is 23.6 Å². The lowest BCUT2D eigenvalue weighted by molar-refractivity contribution is 0.215. The van der Waals surface area contributed by atoms with Crippen molar-refractivity contribution in [2.75, 3.05) is 34.4 Å². The Morgan fingerprint density at radius 2 is 1.63 bits per heavy atom. The molecule has 4 heterocycles. The number of rotatable bonds is 2. The predicted octanol–water partition coefficient (Wildman–Crippen LogP) is 6.19. The number of hydrogen-bond donors (Lipinski definition) is 3. The Bertz CT molecular complexity index is 1800. The Kier molecular flexibility index (Phi) is 6.00. The number of nitrogens with zero attached hydrogens (tertiary/aromatic N) is 1. The van der Waals surface area contributed by atoms with E-state index in [0.29, 0.717) is 47.3 Å². The largest absolute Gasteiger partial charge is 0.507 e. The van der Waals surface area contributed by atoms with Crippen LogP contribution in [0.2, 0.25) is 0 Å². The number of nitrogens with one attached hydrogen (secondary N) is 1. The Labute approximate surface area is 250 Å². The molecule has 0 aromatic heterocycles. The van der Waals surface area contributed by atoms with Gasteiger partial charge in [0.25, 0.3) is 0 Å². The second kappa shape index (κ2) is 9.82. The third-order valence-corrected chi connectivity index (χ3v) is 9.54. The molecule has 220 valence electrons. The van der Waals surface area contributed by atoms with E-state index in [0.717, 1.165) is 59.3 Å². The van der Waals surface area contributed by atoms with Crippen molar-refractivity contribution in [3.8, 4) is 57.1 Å². The first-order valence-electron chi connectivity index (χ1n) is 14.8. The quantitative estimate of drug-likeness (QED) is 0.228. The topological polar surface area (TPSA) is 92.7 Å². The van der Waals surface area contributed by atoms with Crippen molar-refractivity contribution in [3.05, 3.63) is 81.9 Å². The van der Waals surface area contributed by atoms with Gasteiger partial charge < -0.3 is 34.5 Å². The molecule has 4 aliphatic rings. The molecule has 8 rings (SSSR count). The second-order valence-corrected chi connectivity index (χ2v) is 11.9. The lowest BCUT2D eigenvalue weighted by Gasteiger charge is -2.38. The highest BCUT2D eigenvalue weighted by atomic mass is 16.6. The molecule has 0 unspecified atom stereocenters. The van der Waals surface area contributed by atoms with E-state index in [4.69, 9.17) is 18.9 Å². The van der Waals surface area contributed by atoms with E-state index in [2.05, 4.69) is 47.6 Å². The zero-order chi connectivity index (χ0) is 29.4. The number of benzene rings is 4. The van der Waals surface area contributed by atoms with E-state index < -0.39 is 0 Å². The van der Waals surface area contributed by atoms with Crippen molar-refractivity contribution in [3.63, 3.8) is 0 Å². The molecule has 0 amide bonds. The highest BCUT2D eigenvalue weighted by Crippen LogP contribution is 2.60. The number of aromatic hydroxyl groups is 2. The van der Waals surface area contributed by atoms with Crippen LogP contribution in [0, 0.1) is 0 Å². The van der Waals surface area contributed by atoms with Gasteiger partial charge in [0.1, 0.15) is 11.5 Å². The normalized spacial score (nSPS) is 19.8. The maximum atomic E-state index is 11.5. The summed E-state index contributed by atoms with van der Waals surface area (Å²) in [6.07, 6.45) is 2.90. The molecule has 0 saturated heterocycles. The highest BCUT2D eigenvalue weighted by Gasteiger charge is 2.39. The van der Waals surface area contributed by atoms with Crippen molar-refractivity contribution in [1.82, 2.24) is 10.2 Å². The Balaban J connectivity index is 1.41. The molecule has 0 saturated carbocycles. The van der Waals surface area contributed by atoms with Crippen LogP contribution in [0.15, 0.2) is 48.5 Å². The maximum Gasteiger partial charge on any atom is 0.216 e. The highest BCUT2D eigenvalue weighted by molar-refractivity contribution is 5.77. The third-order valence-electron chi connectivity index (χ3n) is 9.54. The number of phenols is 2. The fraction of sp³-hybridized carbons (Fsp3) is 0.314. The molecule has 0 radical (unpaired) electrons. The zero-order valence-corrected chi connectivity index (χ0v) is 24.5. The molecule has 0 fully saturated rings. The minimum absolute atomic E-state index is 0.0553. The van der Waals surface area contributed by atoms with Crippen LogP contribution < -0.4 is 24.3 Å². The van der Waals surface area contributed by atoms with Gasteiger partial charge >= 0.3 is 0 Å². The number of hydrogen-bond acceptors (Lipinski definition) is 8. The average Bonchev–Trinajstić information content (AvgIpc) is 3.01. The number of methoxy groups -OCH3 is 2. The molecule has 4 aromatic rings. The van der Waals surface area contributed by atoms with Gasteiger partial charge in [0.2, 0.25) is 11.5 Å². The summed E-state index contributed by atoms with van der Waals surface area (Å²) < 4.78 is 24.9. The molecule has 0 spiro atoms. The fourth-order valence-corrected chi connectivity index (χ4v) is 7.33. The number of phenolic OH excluding ortho intramolecular Hbond substituents is 2. The van der Waals surface area contributed by atoms with Crippen LogP contribution in [-0.4, -0.2) is 49.5 Å². The number of likely N-dealkylation sites (N-methyl/N-ethyl adjacent to an activating group) is 1. The summed E-state index contributed by atoms with van der Waals surface area (Å²) in [5.74, 6) is 3.61. The molecular formula is C35H34N2O6. The molecule has 4 aliphatic heterocycles. The Morgan fingerprint density at radius 3 is 2.47 bits per heavy atom. The molecule has 43 heavy (non-hydrogen) atoms. The first kappa shape index (κ1) is 26.2. The smallest absolute Gasteiger partial charge is 0.216 e. The van der Waals surface area contributed by atoms with Gasteiger partial charge in [-0.25, -0.2) is 0 Å². The summed E-state index contributed by atoms with van der Waals surface area (Å²) >= 11 is 0. The van der Waals surface area contributed by atoms with Gasteiger partial charge in [-0.15, -0.1) is 0 Å². The lowest BCUT2D eigenvalue weighted by Crippen LogP contribution is -2.34. The van der Waals surface area contributed by atoms with Crippen LogP contribution in [0.5, 0.6) is 46.0 Å². The van der Waals surface area contributed by atoms with E-state index in [1.165, 1.54) is 11.1 Å². The second-order valence-electron chi connectivity index (χ2n) is 11.9. The van der Waals surface area contributed by atoms with E-state index >= 15 is 0 Å². The Hall–Kier alpha value is -4.40. The van der Waals surface area contributed by atoms with Gasteiger partial charge in [-0.1, -0.05) is 12.1 Å². The molecule has 4 aromatic carbocycles. The van der Waals surface area contributed by atoms with Crippen LogP contribution in [0.1, 0.15) is 45.5 Å². The molecule has 0 aliphatic carbocycles. The molecule has 7 bridgehead atoms. The van der Waals surface area contributed by atoms with Gasteiger partial charge in [-0.2, -0.15) is 0 Å². The van der Waals surface area contributed by atoms with Crippen molar-refractivity contribution in [1.29, 1.82) is 0 Å². The molecular weight excluding hydrogens is 544 g/mol. The first-order valence-corrected chi connectivity index (χ1v) is 14.8. The van der Waals surface area contributed by atoms with E-state index in [1.54, 1.807) is 20.3 Å². The monoisotopic (exact) mass is 578 g/mol.